The van der Waals surface area contributed by atoms with Gasteiger partial charge >= 0.3 is 0 Å². The van der Waals surface area contributed by atoms with Crippen LogP contribution in [0.3, 0.4) is 0 Å². The Morgan fingerprint density at radius 2 is 0.694 bits per heavy atom. The van der Waals surface area contributed by atoms with E-state index in [1.165, 1.54) is 122 Å². The van der Waals surface area contributed by atoms with Gasteiger partial charge in [-0.1, -0.05) is 218 Å². The molecule has 346 valence electrons. The van der Waals surface area contributed by atoms with Gasteiger partial charge in [0.15, 0.2) is 0 Å². The number of nitrogens with zero attached hydrogens (tertiary/aromatic N) is 1. The van der Waals surface area contributed by atoms with Crippen LogP contribution >= 0.6 is 0 Å². The molecule has 0 unspecified atom stereocenters. The molecule has 0 N–H and O–H groups in total. The average Bonchev–Trinajstić information content (AvgIpc) is 3.74. The number of benzene rings is 10. The van der Waals surface area contributed by atoms with E-state index in [1.807, 2.05) is 0 Å². The van der Waals surface area contributed by atoms with Crippen molar-refractivity contribution in [3.05, 3.63) is 283 Å². The van der Waals surface area contributed by atoms with Crippen molar-refractivity contribution in [1.29, 1.82) is 0 Å². The van der Waals surface area contributed by atoms with Gasteiger partial charge in [0, 0.05) is 16.9 Å². The van der Waals surface area contributed by atoms with Crippen molar-refractivity contribution in [2.75, 3.05) is 4.90 Å². The first-order chi connectivity index (χ1) is 35.6. The molecule has 72 heavy (non-hydrogen) atoms. The minimum atomic E-state index is -0.546. The third kappa shape index (κ3) is 6.96. The SMILES string of the molecule is c1ccc(-c2ccccc2-c2ccccc2-c2ccc(N(c3ccc(C45CC6CC(CC(C6)C4)C5)cc3)c3cc4c(cc3-c3ccccc3)-c3ccccc3C4(c3ccccc3)c3ccccc3)cc2)cc1. The molecule has 0 heterocycles. The van der Waals surface area contributed by atoms with Gasteiger partial charge in [0.25, 0.3) is 0 Å². The summed E-state index contributed by atoms with van der Waals surface area (Å²) in [6.07, 6.45) is 8.40. The first kappa shape index (κ1) is 42.8. The smallest absolute Gasteiger partial charge is 0.0714 e. The largest absolute Gasteiger partial charge is 0.310 e. The maximum Gasteiger partial charge on any atom is 0.0714 e. The van der Waals surface area contributed by atoms with Crippen molar-refractivity contribution in [1.82, 2.24) is 0 Å². The lowest BCUT2D eigenvalue weighted by Gasteiger charge is -2.57. The maximum atomic E-state index is 2.57. The Morgan fingerprint density at radius 3 is 1.21 bits per heavy atom. The second-order valence-corrected chi connectivity index (χ2v) is 21.4. The highest BCUT2D eigenvalue weighted by Gasteiger charge is 2.52. The predicted molar refractivity (Wildman–Crippen MR) is 300 cm³/mol. The fourth-order valence-corrected chi connectivity index (χ4v) is 14.7. The summed E-state index contributed by atoms with van der Waals surface area (Å²) in [5, 5.41) is 0. The number of rotatable bonds is 10. The number of anilines is 3. The number of hydrogen-bond donors (Lipinski definition) is 0. The highest BCUT2D eigenvalue weighted by molar-refractivity contribution is 5.97. The maximum absolute atomic E-state index is 2.57. The van der Waals surface area contributed by atoms with E-state index in [0.717, 1.165) is 29.1 Å². The molecule has 15 rings (SSSR count). The van der Waals surface area contributed by atoms with Crippen LogP contribution in [-0.4, -0.2) is 0 Å². The van der Waals surface area contributed by atoms with Gasteiger partial charge in [0.2, 0.25) is 0 Å². The van der Waals surface area contributed by atoms with Crippen LogP contribution < -0.4 is 4.90 Å². The van der Waals surface area contributed by atoms with Crippen molar-refractivity contribution in [2.24, 2.45) is 17.8 Å². The van der Waals surface area contributed by atoms with Gasteiger partial charge in [-0.05, 0) is 176 Å². The summed E-state index contributed by atoms with van der Waals surface area (Å²) >= 11 is 0. The van der Waals surface area contributed by atoms with E-state index in [9.17, 15) is 0 Å². The van der Waals surface area contributed by atoms with Gasteiger partial charge in [-0.3, -0.25) is 0 Å². The molecule has 4 fully saturated rings. The molecule has 5 aliphatic carbocycles. The summed E-state index contributed by atoms with van der Waals surface area (Å²) in [6, 6.07) is 95.6. The van der Waals surface area contributed by atoms with E-state index >= 15 is 0 Å². The van der Waals surface area contributed by atoms with Gasteiger partial charge in [0.1, 0.15) is 0 Å². The fourth-order valence-electron chi connectivity index (χ4n) is 14.7. The standard InChI is InChI=1S/C71H57N/c1-5-19-52(20-6-1)60-27-13-15-29-62(60)63-30-16-14-28-61(63)54-33-37-58(38-34-54)72(59-39-35-55(36-40-59)70-46-49-41-50(47-70)43-51(42-49)48-70)69-45-68-66(44-65(69)53-21-7-2-8-22-53)64-31-17-18-32-67(64)71(68,56-23-9-3-10-24-56)57-25-11-4-12-26-57/h1-40,44-45,49-51H,41-43,46-48H2. The lowest BCUT2D eigenvalue weighted by molar-refractivity contribution is -0.00518. The lowest BCUT2D eigenvalue weighted by atomic mass is 9.48. The van der Waals surface area contributed by atoms with Crippen LogP contribution in [0, 0.1) is 17.8 Å². The normalized spacial score (nSPS) is 19.9. The summed E-state index contributed by atoms with van der Waals surface area (Å²) in [4.78, 5) is 2.57. The summed E-state index contributed by atoms with van der Waals surface area (Å²) in [5.74, 6) is 2.67. The van der Waals surface area contributed by atoms with Crippen LogP contribution in [0.5, 0.6) is 0 Å². The van der Waals surface area contributed by atoms with E-state index in [-0.39, 0.29) is 0 Å². The van der Waals surface area contributed by atoms with Gasteiger partial charge in [-0.2, -0.15) is 0 Å². The van der Waals surface area contributed by atoms with Crippen molar-refractivity contribution < 1.29 is 0 Å². The van der Waals surface area contributed by atoms with Crippen LogP contribution in [0.25, 0.3) is 55.6 Å². The molecular weight excluding hydrogens is 867 g/mol. The number of fused-ring (bicyclic) bond motifs is 3. The Bertz CT molecular complexity index is 3500. The summed E-state index contributed by atoms with van der Waals surface area (Å²) in [5.41, 5.74) is 22.2. The van der Waals surface area contributed by atoms with Crippen LogP contribution in [-0.2, 0) is 10.8 Å². The predicted octanol–water partition coefficient (Wildman–Crippen LogP) is 18.7. The van der Waals surface area contributed by atoms with Gasteiger partial charge < -0.3 is 4.90 Å². The van der Waals surface area contributed by atoms with Crippen LogP contribution in [0.15, 0.2) is 255 Å². The Hall–Kier alpha value is -8.00. The molecule has 0 spiro atoms. The summed E-state index contributed by atoms with van der Waals surface area (Å²) in [7, 11) is 0. The van der Waals surface area contributed by atoms with Gasteiger partial charge in [-0.25, -0.2) is 0 Å². The summed E-state index contributed by atoms with van der Waals surface area (Å²) in [6.45, 7) is 0. The quantitative estimate of drug-likeness (QED) is 0.132. The van der Waals surface area contributed by atoms with Crippen molar-refractivity contribution >= 4 is 17.1 Å². The molecule has 4 saturated carbocycles. The molecule has 1 heteroatoms. The third-order valence-electron chi connectivity index (χ3n) is 17.3. The second kappa shape index (κ2) is 17.4. The number of hydrogen-bond acceptors (Lipinski definition) is 1. The van der Waals surface area contributed by atoms with Crippen molar-refractivity contribution in [3.63, 3.8) is 0 Å². The molecule has 0 atom stereocenters. The Morgan fingerprint density at radius 1 is 0.292 bits per heavy atom. The first-order valence-electron chi connectivity index (χ1n) is 26.3. The Balaban J connectivity index is 0.981. The Labute approximate surface area is 425 Å². The molecule has 1 nitrogen and oxygen atoms in total. The molecule has 10 aromatic rings. The molecule has 0 aliphatic heterocycles. The Kier molecular flexibility index (Phi) is 10.3. The van der Waals surface area contributed by atoms with Crippen LogP contribution in [0.4, 0.5) is 17.1 Å². The monoisotopic (exact) mass is 923 g/mol. The minimum Gasteiger partial charge on any atom is -0.310 e. The van der Waals surface area contributed by atoms with Crippen LogP contribution in [0.1, 0.15) is 66.3 Å². The van der Waals surface area contributed by atoms with Gasteiger partial charge in [0.05, 0.1) is 11.1 Å². The average molecular weight is 924 g/mol. The molecular formula is C71H57N. The molecule has 5 aliphatic rings. The molecule has 0 aromatic heterocycles. The zero-order chi connectivity index (χ0) is 47.6. The topological polar surface area (TPSA) is 3.24 Å². The van der Waals surface area contributed by atoms with E-state index in [4.69, 9.17) is 0 Å². The highest BCUT2D eigenvalue weighted by atomic mass is 15.1. The zero-order valence-electron chi connectivity index (χ0n) is 40.7. The minimum absolute atomic E-state index is 0.311. The zero-order valence-corrected chi connectivity index (χ0v) is 40.7. The van der Waals surface area contributed by atoms with Crippen LogP contribution in [0.2, 0.25) is 0 Å². The third-order valence-corrected chi connectivity index (χ3v) is 17.3. The molecule has 0 saturated heterocycles. The molecule has 4 bridgehead atoms. The van der Waals surface area contributed by atoms with E-state index < -0.39 is 5.41 Å². The second-order valence-electron chi connectivity index (χ2n) is 21.4. The van der Waals surface area contributed by atoms with E-state index in [0.29, 0.717) is 5.41 Å². The first-order valence-corrected chi connectivity index (χ1v) is 26.3. The highest BCUT2D eigenvalue weighted by Crippen LogP contribution is 2.62. The molecule has 10 aromatic carbocycles. The van der Waals surface area contributed by atoms with Crippen molar-refractivity contribution in [3.8, 4) is 55.6 Å². The van der Waals surface area contributed by atoms with Gasteiger partial charge in [-0.15, -0.1) is 0 Å². The summed E-state index contributed by atoms with van der Waals surface area (Å²) < 4.78 is 0. The lowest BCUT2D eigenvalue weighted by Crippen LogP contribution is -2.48. The van der Waals surface area contributed by atoms with E-state index in [2.05, 4.69) is 260 Å². The van der Waals surface area contributed by atoms with Crippen molar-refractivity contribution in [2.45, 2.75) is 49.4 Å². The molecule has 0 radical (unpaired) electrons. The van der Waals surface area contributed by atoms with E-state index in [1.54, 1.807) is 5.56 Å². The molecule has 0 amide bonds. The fraction of sp³-hybridized carbons (Fsp3) is 0.155.